The highest BCUT2D eigenvalue weighted by atomic mass is 16.6. The fraction of sp³-hybridized carbons (Fsp3) is 0.0435. The number of benzene rings is 4. The Labute approximate surface area is 166 Å². The van der Waals surface area contributed by atoms with Crippen LogP contribution in [0.2, 0.25) is 0 Å². The number of nitrogens with zero attached hydrogens (tertiary/aromatic N) is 2. The van der Waals surface area contributed by atoms with Crippen LogP contribution in [0.4, 0.5) is 5.69 Å². The SMILES string of the molecule is O=C(Cc1ccc([N+](=O)[O-])cc1)NN=Cc1c2ccccc2cc2ccccc12. The quantitative estimate of drug-likeness (QED) is 0.237. The summed E-state index contributed by atoms with van der Waals surface area (Å²) >= 11 is 0. The molecule has 4 rings (SSSR count). The van der Waals surface area contributed by atoms with Gasteiger partial charge in [0.25, 0.3) is 5.69 Å². The minimum absolute atomic E-state index is 0.00462. The maximum atomic E-state index is 12.2. The zero-order valence-corrected chi connectivity index (χ0v) is 15.4. The van der Waals surface area contributed by atoms with Crippen molar-refractivity contribution in [2.45, 2.75) is 6.42 Å². The second kappa shape index (κ2) is 7.90. The summed E-state index contributed by atoms with van der Waals surface area (Å²) in [6, 6.07) is 24.1. The summed E-state index contributed by atoms with van der Waals surface area (Å²) in [4.78, 5) is 22.4. The fourth-order valence-corrected chi connectivity index (χ4v) is 3.32. The number of nitro benzene ring substituents is 1. The maximum Gasteiger partial charge on any atom is 0.269 e. The molecule has 4 aromatic carbocycles. The first kappa shape index (κ1) is 18.3. The molecule has 6 nitrogen and oxygen atoms in total. The number of fused-ring (bicyclic) bond motifs is 2. The number of carbonyl (C=O) groups excluding carboxylic acids is 1. The van der Waals surface area contributed by atoms with E-state index in [2.05, 4.69) is 16.6 Å². The molecule has 0 atom stereocenters. The first-order chi connectivity index (χ1) is 14.1. The van der Waals surface area contributed by atoms with Gasteiger partial charge in [-0.05, 0) is 33.2 Å². The molecule has 0 aliphatic carbocycles. The molecule has 0 saturated carbocycles. The van der Waals surface area contributed by atoms with E-state index >= 15 is 0 Å². The first-order valence-corrected chi connectivity index (χ1v) is 9.07. The average Bonchev–Trinajstić information content (AvgIpc) is 2.73. The minimum Gasteiger partial charge on any atom is -0.273 e. The lowest BCUT2D eigenvalue weighted by Gasteiger charge is -2.08. The molecule has 0 aliphatic rings. The number of carbonyl (C=O) groups is 1. The van der Waals surface area contributed by atoms with Crippen LogP contribution in [0.25, 0.3) is 21.5 Å². The highest BCUT2D eigenvalue weighted by molar-refractivity contribution is 6.13. The van der Waals surface area contributed by atoms with Crippen LogP contribution in [-0.4, -0.2) is 17.0 Å². The number of nitro groups is 1. The Hall–Kier alpha value is -4.06. The van der Waals surface area contributed by atoms with Crippen LogP contribution < -0.4 is 5.43 Å². The van der Waals surface area contributed by atoms with Crippen molar-refractivity contribution in [3.63, 3.8) is 0 Å². The van der Waals surface area contributed by atoms with Gasteiger partial charge in [-0.3, -0.25) is 14.9 Å². The van der Waals surface area contributed by atoms with Gasteiger partial charge in [-0.15, -0.1) is 0 Å². The predicted octanol–water partition coefficient (Wildman–Crippen LogP) is 4.59. The van der Waals surface area contributed by atoms with Gasteiger partial charge in [-0.2, -0.15) is 5.10 Å². The van der Waals surface area contributed by atoms with Crippen molar-refractivity contribution >= 4 is 39.4 Å². The Bertz CT molecular complexity index is 1190. The van der Waals surface area contributed by atoms with Crippen LogP contribution in [-0.2, 0) is 11.2 Å². The van der Waals surface area contributed by atoms with Crippen molar-refractivity contribution in [3.8, 4) is 0 Å². The summed E-state index contributed by atoms with van der Waals surface area (Å²) in [7, 11) is 0. The second-order valence-corrected chi connectivity index (χ2v) is 6.63. The van der Waals surface area contributed by atoms with Gasteiger partial charge >= 0.3 is 0 Å². The van der Waals surface area contributed by atoms with Crippen molar-refractivity contribution in [1.82, 2.24) is 5.43 Å². The van der Waals surface area contributed by atoms with Gasteiger partial charge in [-0.25, -0.2) is 5.43 Å². The maximum absolute atomic E-state index is 12.2. The molecule has 0 heterocycles. The van der Waals surface area contributed by atoms with Gasteiger partial charge in [0, 0.05) is 17.7 Å². The van der Waals surface area contributed by atoms with Crippen molar-refractivity contribution in [2.24, 2.45) is 5.10 Å². The normalized spacial score (nSPS) is 11.2. The van der Waals surface area contributed by atoms with Crippen molar-refractivity contribution in [1.29, 1.82) is 0 Å². The third-order valence-corrected chi connectivity index (χ3v) is 4.71. The Kier molecular flexibility index (Phi) is 4.99. The highest BCUT2D eigenvalue weighted by Crippen LogP contribution is 2.27. The van der Waals surface area contributed by atoms with Crippen LogP contribution in [0.5, 0.6) is 0 Å². The van der Waals surface area contributed by atoms with Gasteiger partial charge in [0.2, 0.25) is 5.91 Å². The van der Waals surface area contributed by atoms with Crippen LogP contribution in [0, 0.1) is 10.1 Å². The molecule has 0 aliphatic heterocycles. The summed E-state index contributed by atoms with van der Waals surface area (Å²) in [5.74, 6) is -0.292. The number of hydrogen-bond acceptors (Lipinski definition) is 4. The number of rotatable bonds is 5. The van der Waals surface area contributed by atoms with Gasteiger partial charge < -0.3 is 0 Å². The molecule has 4 aromatic rings. The number of hydrogen-bond donors (Lipinski definition) is 1. The lowest BCUT2D eigenvalue weighted by atomic mass is 9.97. The number of non-ortho nitro benzene ring substituents is 1. The van der Waals surface area contributed by atoms with Gasteiger partial charge in [-0.1, -0.05) is 60.7 Å². The van der Waals surface area contributed by atoms with Crippen LogP contribution >= 0.6 is 0 Å². The highest BCUT2D eigenvalue weighted by Gasteiger charge is 2.08. The monoisotopic (exact) mass is 383 g/mol. The van der Waals surface area contributed by atoms with E-state index in [1.54, 1.807) is 18.3 Å². The lowest BCUT2D eigenvalue weighted by Crippen LogP contribution is -2.19. The van der Waals surface area contributed by atoms with Crippen molar-refractivity contribution in [3.05, 3.63) is 100 Å². The second-order valence-electron chi connectivity index (χ2n) is 6.63. The number of nitrogens with one attached hydrogen (secondary N) is 1. The molecular formula is C23H17N3O3. The van der Waals surface area contributed by atoms with Crippen molar-refractivity contribution < 1.29 is 9.72 Å². The summed E-state index contributed by atoms with van der Waals surface area (Å²) in [6.45, 7) is 0. The molecular weight excluding hydrogens is 366 g/mol. The molecule has 0 spiro atoms. The average molecular weight is 383 g/mol. The van der Waals surface area contributed by atoms with E-state index in [0.29, 0.717) is 5.56 Å². The van der Waals surface area contributed by atoms with E-state index in [1.807, 2.05) is 48.5 Å². The van der Waals surface area contributed by atoms with Gasteiger partial charge in [0.15, 0.2) is 0 Å². The minimum atomic E-state index is -0.470. The Balaban J connectivity index is 1.55. The summed E-state index contributed by atoms with van der Waals surface area (Å²) < 4.78 is 0. The molecule has 0 unspecified atom stereocenters. The van der Waals surface area contributed by atoms with Crippen LogP contribution in [0.1, 0.15) is 11.1 Å². The summed E-state index contributed by atoms with van der Waals surface area (Å²) in [5.41, 5.74) is 4.16. The molecule has 0 fully saturated rings. The Morgan fingerprint density at radius 3 is 2.10 bits per heavy atom. The zero-order valence-electron chi connectivity index (χ0n) is 15.4. The molecule has 0 saturated heterocycles. The van der Waals surface area contributed by atoms with Gasteiger partial charge in [0.05, 0.1) is 17.6 Å². The number of hydrazone groups is 1. The largest absolute Gasteiger partial charge is 0.273 e. The molecule has 1 amide bonds. The Morgan fingerprint density at radius 2 is 1.52 bits per heavy atom. The zero-order chi connectivity index (χ0) is 20.2. The molecule has 6 heteroatoms. The lowest BCUT2D eigenvalue weighted by molar-refractivity contribution is -0.384. The summed E-state index contributed by atoms with van der Waals surface area (Å²) in [5, 5.41) is 19.2. The van der Waals surface area contributed by atoms with Crippen LogP contribution in [0.3, 0.4) is 0 Å². The molecule has 1 N–H and O–H groups in total. The van der Waals surface area contributed by atoms with Gasteiger partial charge in [0.1, 0.15) is 0 Å². The van der Waals surface area contributed by atoms with E-state index in [9.17, 15) is 14.9 Å². The predicted molar refractivity (Wildman–Crippen MR) is 114 cm³/mol. The van der Waals surface area contributed by atoms with Crippen molar-refractivity contribution in [2.75, 3.05) is 0 Å². The number of amides is 1. The molecule has 29 heavy (non-hydrogen) atoms. The topological polar surface area (TPSA) is 84.6 Å². The third-order valence-electron chi connectivity index (χ3n) is 4.71. The molecule has 142 valence electrons. The molecule has 0 bridgehead atoms. The van der Waals surface area contributed by atoms with E-state index < -0.39 is 4.92 Å². The summed E-state index contributed by atoms with van der Waals surface area (Å²) in [6.07, 6.45) is 1.75. The van der Waals surface area contributed by atoms with E-state index in [1.165, 1.54) is 12.1 Å². The Morgan fingerprint density at radius 1 is 0.931 bits per heavy atom. The van der Waals surface area contributed by atoms with E-state index in [-0.39, 0.29) is 18.0 Å². The smallest absolute Gasteiger partial charge is 0.269 e. The first-order valence-electron chi connectivity index (χ1n) is 9.07. The molecule has 0 radical (unpaired) electrons. The van der Waals surface area contributed by atoms with E-state index in [4.69, 9.17) is 0 Å². The fourth-order valence-electron chi connectivity index (χ4n) is 3.32. The van der Waals surface area contributed by atoms with E-state index in [0.717, 1.165) is 27.1 Å². The third kappa shape index (κ3) is 3.96. The van der Waals surface area contributed by atoms with Crippen LogP contribution in [0.15, 0.2) is 84.0 Å². The standard InChI is InChI=1S/C23H17N3O3/c27-23(13-16-9-11-19(12-10-16)26(28)29)25-24-15-22-20-7-3-1-5-17(20)14-18-6-2-4-8-21(18)22/h1-12,14-15H,13H2,(H,25,27). The molecule has 0 aromatic heterocycles.